The van der Waals surface area contributed by atoms with Crippen LogP contribution in [0.3, 0.4) is 0 Å². The molecule has 2 aromatic carbocycles. The van der Waals surface area contributed by atoms with Gasteiger partial charge < -0.3 is 14.6 Å². The summed E-state index contributed by atoms with van der Waals surface area (Å²) in [5.74, 6) is 0.859. The Morgan fingerprint density at radius 3 is 2.67 bits per heavy atom. The fraction of sp³-hybridized carbons (Fsp3) is 0.222. The number of hydrazone groups is 1. The normalized spacial score (nSPS) is 10.6. The van der Waals surface area contributed by atoms with Crippen LogP contribution in [-0.2, 0) is 11.2 Å². The monoisotopic (exact) mass is 328 g/mol. The number of hydrogen-bond acceptors (Lipinski definition) is 5. The Morgan fingerprint density at radius 2 is 2.00 bits per heavy atom. The molecule has 0 saturated heterocycles. The second kappa shape index (κ2) is 8.57. The molecule has 0 saturated carbocycles. The van der Waals surface area contributed by atoms with Gasteiger partial charge in [-0.25, -0.2) is 5.43 Å². The summed E-state index contributed by atoms with van der Waals surface area (Å²) in [4.78, 5) is 11.9. The molecule has 0 atom stereocenters. The van der Waals surface area contributed by atoms with Crippen molar-refractivity contribution in [2.75, 3.05) is 13.7 Å². The van der Waals surface area contributed by atoms with Crippen molar-refractivity contribution >= 4 is 12.1 Å². The molecular weight excluding hydrogens is 308 g/mol. The number of ether oxygens (including phenoxy) is 2. The van der Waals surface area contributed by atoms with Gasteiger partial charge in [-0.1, -0.05) is 18.2 Å². The van der Waals surface area contributed by atoms with Crippen LogP contribution in [0, 0.1) is 0 Å². The first-order valence-electron chi connectivity index (χ1n) is 7.53. The van der Waals surface area contributed by atoms with Crippen LogP contribution in [-0.4, -0.2) is 30.9 Å². The van der Waals surface area contributed by atoms with E-state index in [2.05, 4.69) is 10.5 Å². The summed E-state index contributed by atoms with van der Waals surface area (Å²) in [7, 11) is 1.59. The van der Waals surface area contributed by atoms with Crippen LogP contribution >= 0.6 is 0 Å². The minimum atomic E-state index is -0.253. The van der Waals surface area contributed by atoms with Crippen LogP contribution in [0.5, 0.6) is 17.2 Å². The molecule has 6 heteroatoms. The molecule has 24 heavy (non-hydrogen) atoms. The molecule has 6 nitrogen and oxygen atoms in total. The van der Waals surface area contributed by atoms with Gasteiger partial charge in [0.1, 0.15) is 5.75 Å². The van der Waals surface area contributed by atoms with E-state index in [0.717, 1.165) is 11.3 Å². The number of nitrogens with one attached hydrogen (secondary N) is 1. The first kappa shape index (κ1) is 17.3. The number of aromatic hydroxyl groups is 1. The zero-order valence-electron chi connectivity index (χ0n) is 13.7. The molecule has 126 valence electrons. The van der Waals surface area contributed by atoms with E-state index in [1.807, 2.05) is 19.1 Å². The van der Waals surface area contributed by atoms with E-state index in [-0.39, 0.29) is 18.1 Å². The summed E-state index contributed by atoms with van der Waals surface area (Å²) in [5, 5.41) is 13.9. The van der Waals surface area contributed by atoms with Crippen LogP contribution < -0.4 is 14.9 Å². The van der Waals surface area contributed by atoms with E-state index in [9.17, 15) is 9.90 Å². The van der Waals surface area contributed by atoms with Crippen molar-refractivity contribution in [3.63, 3.8) is 0 Å². The molecule has 0 spiro atoms. The second-order valence-electron chi connectivity index (χ2n) is 4.95. The van der Waals surface area contributed by atoms with Crippen molar-refractivity contribution < 1.29 is 19.4 Å². The third-order valence-corrected chi connectivity index (χ3v) is 3.25. The van der Waals surface area contributed by atoms with E-state index >= 15 is 0 Å². The zero-order valence-corrected chi connectivity index (χ0v) is 13.7. The summed E-state index contributed by atoms with van der Waals surface area (Å²) in [5.41, 5.74) is 3.75. The highest BCUT2D eigenvalue weighted by Crippen LogP contribution is 2.28. The second-order valence-corrected chi connectivity index (χ2v) is 4.95. The summed E-state index contributed by atoms with van der Waals surface area (Å²) in [6, 6.07) is 12.3. The molecule has 0 aliphatic rings. The number of para-hydroxylation sites is 1. The summed E-state index contributed by atoms with van der Waals surface area (Å²) < 4.78 is 10.4. The Hall–Kier alpha value is -3.02. The number of carbonyl (C=O) groups is 1. The first-order valence-corrected chi connectivity index (χ1v) is 7.53. The Labute approximate surface area is 140 Å². The number of benzene rings is 2. The SMILES string of the molecule is CCOc1cccc(/C=N\NC(=O)Cc2ccc(OC)cc2)c1O. The molecule has 1 amide bonds. The van der Waals surface area contributed by atoms with Gasteiger partial charge in [-0.05, 0) is 36.8 Å². The molecule has 2 aromatic rings. The van der Waals surface area contributed by atoms with Crippen molar-refractivity contribution in [2.45, 2.75) is 13.3 Å². The zero-order chi connectivity index (χ0) is 17.4. The average Bonchev–Trinajstić information content (AvgIpc) is 2.59. The third-order valence-electron chi connectivity index (χ3n) is 3.25. The number of amides is 1. The minimum absolute atomic E-state index is 0.00694. The maximum atomic E-state index is 11.9. The lowest BCUT2D eigenvalue weighted by molar-refractivity contribution is -0.120. The Bertz CT molecular complexity index is 711. The van der Waals surface area contributed by atoms with Gasteiger partial charge >= 0.3 is 0 Å². The lowest BCUT2D eigenvalue weighted by atomic mass is 10.1. The molecule has 0 radical (unpaired) electrons. The van der Waals surface area contributed by atoms with Crippen molar-refractivity contribution in [1.29, 1.82) is 0 Å². The van der Waals surface area contributed by atoms with E-state index in [4.69, 9.17) is 9.47 Å². The minimum Gasteiger partial charge on any atom is -0.504 e. The number of hydrogen-bond donors (Lipinski definition) is 2. The van der Waals surface area contributed by atoms with Gasteiger partial charge in [0, 0.05) is 5.56 Å². The molecule has 0 heterocycles. The maximum absolute atomic E-state index is 11.9. The summed E-state index contributed by atoms with van der Waals surface area (Å²) >= 11 is 0. The van der Waals surface area contributed by atoms with Gasteiger partial charge in [-0.2, -0.15) is 5.10 Å². The number of methoxy groups -OCH3 is 1. The lowest BCUT2D eigenvalue weighted by Gasteiger charge is -2.07. The van der Waals surface area contributed by atoms with E-state index < -0.39 is 0 Å². The fourth-order valence-corrected chi connectivity index (χ4v) is 2.06. The molecule has 0 unspecified atom stereocenters. The van der Waals surface area contributed by atoms with E-state index in [1.54, 1.807) is 37.4 Å². The molecule has 0 aliphatic heterocycles. The first-order chi connectivity index (χ1) is 11.6. The fourth-order valence-electron chi connectivity index (χ4n) is 2.06. The Kier molecular flexibility index (Phi) is 6.19. The predicted octanol–water partition coefficient (Wildman–Crippen LogP) is 2.49. The Morgan fingerprint density at radius 1 is 1.25 bits per heavy atom. The highest BCUT2D eigenvalue weighted by molar-refractivity contribution is 5.86. The van der Waals surface area contributed by atoms with E-state index in [0.29, 0.717) is 17.9 Å². The smallest absolute Gasteiger partial charge is 0.244 e. The molecule has 0 fully saturated rings. The van der Waals surface area contributed by atoms with Crippen molar-refractivity contribution in [3.05, 3.63) is 53.6 Å². The predicted molar refractivity (Wildman–Crippen MR) is 91.7 cm³/mol. The number of rotatable bonds is 7. The maximum Gasteiger partial charge on any atom is 0.244 e. The number of phenolic OH excluding ortho intramolecular Hbond substituents is 1. The average molecular weight is 328 g/mol. The molecule has 0 aliphatic carbocycles. The van der Waals surface area contributed by atoms with Crippen LogP contribution in [0.1, 0.15) is 18.1 Å². The number of nitrogens with zero attached hydrogens (tertiary/aromatic N) is 1. The van der Waals surface area contributed by atoms with Crippen LogP contribution in [0.4, 0.5) is 0 Å². The van der Waals surface area contributed by atoms with E-state index in [1.165, 1.54) is 6.21 Å². The highest BCUT2D eigenvalue weighted by atomic mass is 16.5. The lowest BCUT2D eigenvalue weighted by Crippen LogP contribution is -2.19. The van der Waals surface area contributed by atoms with Crippen LogP contribution in [0.15, 0.2) is 47.6 Å². The molecule has 2 rings (SSSR count). The van der Waals surface area contributed by atoms with Crippen molar-refractivity contribution in [1.82, 2.24) is 5.43 Å². The van der Waals surface area contributed by atoms with Gasteiger partial charge in [0.2, 0.25) is 5.91 Å². The van der Waals surface area contributed by atoms with Gasteiger partial charge in [0.25, 0.3) is 0 Å². The highest BCUT2D eigenvalue weighted by Gasteiger charge is 2.06. The van der Waals surface area contributed by atoms with Crippen LogP contribution in [0.25, 0.3) is 0 Å². The molecule has 0 aromatic heterocycles. The summed E-state index contributed by atoms with van der Waals surface area (Å²) in [6.45, 7) is 2.28. The molecule has 0 bridgehead atoms. The number of carbonyl (C=O) groups excluding carboxylic acids is 1. The van der Waals surface area contributed by atoms with Crippen molar-refractivity contribution in [2.24, 2.45) is 5.10 Å². The third kappa shape index (κ3) is 4.74. The quantitative estimate of drug-likeness (QED) is 0.604. The topological polar surface area (TPSA) is 80.2 Å². The van der Waals surface area contributed by atoms with Crippen LogP contribution in [0.2, 0.25) is 0 Å². The standard InChI is InChI=1S/C18H20N2O4/c1-3-24-16-6-4-5-14(18(16)22)12-19-20-17(21)11-13-7-9-15(23-2)10-8-13/h4-10,12,22H,3,11H2,1-2H3,(H,20,21)/b19-12-. The van der Waals surface area contributed by atoms with Gasteiger partial charge in [-0.15, -0.1) is 0 Å². The summed E-state index contributed by atoms with van der Waals surface area (Å²) in [6.07, 6.45) is 1.58. The van der Waals surface area contributed by atoms with Gasteiger partial charge in [0.15, 0.2) is 11.5 Å². The van der Waals surface area contributed by atoms with Gasteiger partial charge in [-0.3, -0.25) is 4.79 Å². The largest absolute Gasteiger partial charge is 0.504 e. The Balaban J connectivity index is 1.93. The number of phenols is 1. The van der Waals surface area contributed by atoms with Gasteiger partial charge in [0.05, 0.1) is 26.4 Å². The molecule has 2 N–H and O–H groups in total. The van der Waals surface area contributed by atoms with Crippen molar-refractivity contribution in [3.8, 4) is 17.2 Å². The molecular formula is C18H20N2O4.